The van der Waals surface area contributed by atoms with E-state index >= 15 is 0 Å². The molecule has 1 N–H and O–H groups in total. The van der Waals surface area contributed by atoms with Crippen LogP contribution in [-0.2, 0) is 4.74 Å². The summed E-state index contributed by atoms with van der Waals surface area (Å²) in [5.41, 5.74) is 1.36. The molecule has 0 bridgehead atoms. The Morgan fingerprint density at radius 3 is 2.64 bits per heavy atom. The molecule has 0 fully saturated rings. The molecule has 0 spiro atoms. The van der Waals surface area contributed by atoms with Gasteiger partial charge in [-0.2, -0.15) is 0 Å². The molecule has 3 aromatic rings. The van der Waals surface area contributed by atoms with E-state index in [2.05, 4.69) is 9.97 Å². The number of rotatable bonds is 2. The average molecular weight is 297 g/mol. The molecule has 0 saturated carbocycles. The quantitative estimate of drug-likeness (QED) is 0.578. The van der Waals surface area contributed by atoms with Gasteiger partial charge in [-0.25, -0.2) is 9.78 Å². The summed E-state index contributed by atoms with van der Waals surface area (Å²) >= 11 is 0. The van der Waals surface area contributed by atoms with Crippen molar-refractivity contribution in [2.24, 2.45) is 0 Å². The molecule has 1 aromatic carbocycles. The third-order valence-electron chi connectivity index (χ3n) is 3.54. The van der Waals surface area contributed by atoms with Crippen LogP contribution in [-0.4, -0.2) is 37.1 Å². The van der Waals surface area contributed by atoms with Crippen molar-refractivity contribution < 1.29 is 9.53 Å². The Labute approximate surface area is 126 Å². The van der Waals surface area contributed by atoms with Crippen LogP contribution in [0.15, 0.2) is 35.1 Å². The maximum Gasteiger partial charge on any atom is 0.358 e. The summed E-state index contributed by atoms with van der Waals surface area (Å²) in [5, 5.41) is 1.58. The van der Waals surface area contributed by atoms with Crippen LogP contribution in [0.3, 0.4) is 0 Å². The number of pyridine rings is 2. The Hall–Kier alpha value is -2.89. The van der Waals surface area contributed by atoms with E-state index in [0.29, 0.717) is 11.1 Å². The molecular weight excluding hydrogens is 282 g/mol. The second-order valence-electron chi connectivity index (χ2n) is 5.14. The number of aromatic amines is 1. The van der Waals surface area contributed by atoms with E-state index in [9.17, 15) is 9.59 Å². The van der Waals surface area contributed by atoms with Crippen LogP contribution in [0.5, 0.6) is 0 Å². The van der Waals surface area contributed by atoms with Gasteiger partial charge in [-0.05, 0) is 12.1 Å². The maximum atomic E-state index is 12.3. The van der Waals surface area contributed by atoms with Crippen molar-refractivity contribution >= 4 is 33.5 Å². The molecule has 2 aromatic heterocycles. The lowest BCUT2D eigenvalue weighted by Crippen LogP contribution is -2.18. The van der Waals surface area contributed by atoms with Gasteiger partial charge in [-0.3, -0.25) is 4.79 Å². The first-order valence-electron chi connectivity index (χ1n) is 6.74. The number of methoxy groups -OCH3 is 1. The van der Waals surface area contributed by atoms with Crippen molar-refractivity contribution in [3.8, 4) is 0 Å². The fraction of sp³-hybridized carbons (Fsp3) is 0.188. The number of benzene rings is 1. The molecule has 0 radical (unpaired) electrons. The van der Waals surface area contributed by atoms with Crippen LogP contribution in [0.2, 0.25) is 0 Å². The Morgan fingerprint density at radius 1 is 1.23 bits per heavy atom. The lowest BCUT2D eigenvalue weighted by molar-refractivity contribution is 0.0595. The number of aromatic nitrogens is 2. The Balaban J connectivity index is 2.49. The van der Waals surface area contributed by atoms with E-state index in [-0.39, 0.29) is 16.8 Å². The summed E-state index contributed by atoms with van der Waals surface area (Å²) in [6, 6.07) is 9.29. The standard InChI is InChI=1S/C16H15N3O3/c1-19(2)12-8-10-9-6-4-5-7-11(9)17-15(20)13(10)18-14(12)16(21)22-3/h4-8H,1-3H3,(H,17,20). The minimum Gasteiger partial charge on any atom is -0.464 e. The van der Waals surface area contributed by atoms with Crippen LogP contribution in [0.1, 0.15) is 10.5 Å². The maximum absolute atomic E-state index is 12.3. The second-order valence-corrected chi connectivity index (χ2v) is 5.14. The highest BCUT2D eigenvalue weighted by Crippen LogP contribution is 2.26. The van der Waals surface area contributed by atoms with E-state index in [1.807, 2.05) is 38.4 Å². The van der Waals surface area contributed by atoms with Crippen molar-refractivity contribution in [1.82, 2.24) is 9.97 Å². The topological polar surface area (TPSA) is 75.3 Å². The molecule has 0 aliphatic carbocycles. The minimum atomic E-state index is -0.571. The number of ether oxygens (including phenoxy) is 1. The predicted octanol–water partition coefficient (Wildman–Crippen LogP) is 1.93. The van der Waals surface area contributed by atoms with Crippen LogP contribution < -0.4 is 10.5 Å². The summed E-state index contributed by atoms with van der Waals surface area (Å²) in [4.78, 5) is 33.0. The third-order valence-corrected chi connectivity index (χ3v) is 3.54. The molecule has 0 atom stereocenters. The number of nitrogens with one attached hydrogen (secondary N) is 1. The molecule has 6 heteroatoms. The summed E-state index contributed by atoms with van der Waals surface area (Å²) in [7, 11) is 4.91. The number of fused-ring (bicyclic) bond motifs is 3. The Kier molecular flexibility index (Phi) is 3.29. The minimum absolute atomic E-state index is 0.126. The van der Waals surface area contributed by atoms with Gasteiger partial charge in [0.15, 0.2) is 5.69 Å². The van der Waals surface area contributed by atoms with Gasteiger partial charge in [0.05, 0.1) is 12.8 Å². The second kappa shape index (κ2) is 5.14. The van der Waals surface area contributed by atoms with Crippen molar-refractivity contribution in [3.63, 3.8) is 0 Å². The fourth-order valence-corrected chi connectivity index (χ4v) is 2.48. The van der Waals surface area contributed by atoms with E-state index < -0.39 is 5.97 Å². The molecule has 112 valence electrons. The smallest absolute Gasteiger partial charge is 0.358 e. The molecule has 0 aliphatic rings. The molecule has 2 heterocycles. The lowest BCUT2D eigenvalue weighted by Gasteiger charge is -2.16. The zero-order valence-corrected chi connectivity index (χ0v) is 12.5. The molecular formula is C16H15N3O3. The highest BCUT2D eigenvalue weighted by molar-refractivity contribution is 6.07. The van der Waals surface area contributed by atoms with Gasteiger partial charge in [0.1, 0.15) is 5.52 Å². The molecule has 0 amide bonds. The van der Waals surface area contributed by atoms with Gasteiger partial charge < -0.3 is 14.6 Å². The SMILES string of the molecule is COC(=O)c1nc2c(=O)[nH]c3ccccc3c2cc1N(C)C. The van der Waals surface area contributed by atoms with Gasteiger partial charge in [-0.1, -0.05) is 18.2 Å². The monoisotopic (exact) mass is 297 g/mol. The highest BCUT2D eigenvalue weighted by Gasteiger charge is 2.19. The number of para-hydroxylation sites is 1. The molecule has 0 saturated heterocycles. The number of esters is 1. The molecule has 22 heavy (non-hydrogen) atoms. The van der Waals surface area contributed by atoms with Crippen molar-refractivity contribution in [2.45, 2.75) is 0 Å². The number of carbonyl (C=O) groups is 1. The van der Waals surface area contributed by atoms with Gasteiger partial charge in [0.25, 0.3) is 5.56 Å². The number of nitrogens with zero attached hydrogens (tertiary/aromatic N) is 2. The van der Waals surface area contributed by atoms with Gasteiger partial charge in [0, 0.05) is 30.4 Å². The number of hydrogen-bond donors (Lipinski definition) is 1. The fourth-order valence-electron chi connectivity index (χ4n) is 2.48. The number of H-pyrrole nitrogens is 1. The first-order valence-corrected chi connectivity index (χ1v) is 6.74. The van der Waals surface area contributed by atoms with Gasteiger partial charge in [0.2, 0.25) is 0 Å². The van der Waals surface area contributed by atoms with Gasteiger partial charge >= 0.3 is 5.97 Å². The normalized spacial score (nSPS) is 10.9. The number of anilines is 1. The van der Waals surface area contributed by atoms with Crippen LogP contribution in [0.4, 0.5) is 5.69 Å². The van der Waals surface area contributed by atoms with Crippen molar-refractivity contribution in [3.05, 3.63) is 46.4 Å². The van der Waals surface area contributed by atoms with Crippen LogP contribution >= 0.6 is 0 Å². The highest BCUT2D eigenvalue weighted by atomic mass is 16.5. The van der Waals surface area contributed by atoms with Crippen LogP contribution in [0.25, 0.3) is 21.8 Å². The molecule has 0 unspecified atom stereocenters. The summed E-state index contributed by atoms with van der Waals surface area (Å²) < 4.78 is 4.76. The number of carbonyl (C=O) groups excluding carboxylic acids is 1. The van der Waals surface area contributed by atoms with Gasteiger partial charge in [-0.15, -0.1) is 0 Å². The van der Waals surface area contributed by atoms with E-state index in [4.69, 9.17) is 4.74 Å². The largest absolute Gasteiger partial charge is 0.464 e. The zero-order valence-electron chi connectivity index (χ0n) is 12.5. The molecule has 6 nitrogen and oxygen atoms in total. The average Bonchev–Trinajstić information content (AvgIpc) is 2.53. The van der Waals surface area contributed by atoms with Crippen molar-refractivity contribution in [2.75, 3.05) is 26.1 Å². The predicted molar refractivity (Wildman–Crippen MR) is 85.5 cm³/mol. The zero-order chi connectivity index (χ0) is 15.9. The summed E-state index contributed by atoms with van der Waals surface area (Å²) in [6.45, 7) is 0. The first kappa shape index (κ1) is 14.1. The van der Waals surface area contributed by atoms with Crippen molar-refractivity contribution in [1.29, 1.82) is 0 Å². The number of hydrogen-bond acceptors (Lipinski definition) is 5. The Bertz CT molecular complexity index is 944. The third kappa shape index (κ3) is 2.09. The van der Waals surface area contributed by atoms with E-state index in [1.54, 1.807) is 11.0 Å². The molecule has 0 aliphatic heterocycles. The first-order chi connectivity index (χ1) is 10.5. The Morgan fingerprint density at radius 2 is 1.95 bits per heavy atom. The summed E-state index contributed by atoms with van der Waals surface area (Å²) in [6.07, 6.45) is 0. The van der Waals surface area contributed by atoms with E-state index in [0.717, 1.165) is 10.9 Å². The van der Waals surface area contributed by atoms with Crippen LogP contribution in [0, 0.1) is 0 Å². The summed E-state index contributed by atoms with van der Waals surface area (Å²) in [5.74, 6) is -0.571. The lowest BCUT2D eigenvalue weighted by atomic mass is 10.1. The molecule has 3 rings (SSSR count). The van der Waals surface area contributed by atoms with E-state index in [1.165, 1.54) is 7.11 Å².